The second-order valence-corrected chi connectivity index (χ2v) is 5.62. The predicted octanol–water partition coefficient (Wildman–Crippen LogP) is 2.12. The molecule has 0 bridgehead atoms. The van der Waals surface area contributed by atoms with Crippen molar-refractivity contribution in [3.05, 3.63) is 65.2 Å². The number of rotatable bonds is 3. The van der Waals surface area contributed by atoms with E-state index in [1.165, 1.54) is 9.80 Å². The predicted molar refractivity (Wildman–Crippen MR) is 86.4 cm³/mol. The number of hydrogen-bond donors (Lipinski definition) is 0. The van der Waals surface area contributed by atoms with Gasteiger partial charge in [-0.3, -0.25) is 14.4 Å². The number of benzene rings is 2. The Morgan fingerprint density at radius 3 is 1.91 bits per heavy atom. The van der Waals surface area contributed by atoms with Gasteiger partial charge in [0.15, 0.2) is 0 Å². The minimum absolute atomic E-state index is 0.00141. The van der Waals surface area contributed by atoms with E-state index in [9.17, 15) is 14.4 Å². The fourth-order valence-corrected chi connectivity index (χ4v) is 2.52. The van der Waals surface area contributed by atoms with E-state index in [1.807, 2.05) is 0 Å². The Kier molecular flexibility index (Phi) is 3.70. The Bertz CT molecular complexity index is 759. The zero-order chi connectivity index (χ0) is 16.6. The molecule has 0 spiro atoms. The molecule has 2 aromatic rings. The van der Waals surface area contributed by atoms with Gasteiger partial charge in [0.25, 0.3) is 11.8 Å². The number of carbonyl (C=O) groups excluding carboxylic acids is 3. The molecule has 0 radical (unpaired) electrons. The fraction of sp³-hybridized carbons (Fsp3) is 0.167. The summed E-state index contributed by atoms with van der Waals surface area (Å²) in [5.74, 6) is -0.635. The van der Waals surface area contributed by atoms with Crippen molar-refractivity contribution in [2.75, 3.05) is 19.0 Å². The number of anilines is 1. The summed E-state index contributed by atoms with van der Waals surface area (Å²) < 4.78 is 0. The molecule has 0 fully saturated rings. The third-order valence-corrected chi connectivity index (χ3v) is 3.84. The van der Waals surface area contributed by atoms with Crippen molar-refractivity contribution in [3.63, 3.8) is 0 Å². The zero-order valence-electron chi connectivity index (χ0n) is 12.9. The summed E-state index contributed by atoms with van der Waals surface area (Å²) in [5.41, 5.74) is 2.19. The normalized spacial score (nSPS) is 13.2. The van der Waals surface area contributed by atoms with Crippen molar-refractivity contribution in [1.29, 1.82) is 0 Å². The molecule has 0 saturated carbocycles. The summed E-state index contributed by atoms with van der Waals surface area (Å²) in [5, 5.41) is 0. The second-order valence-electron chi connectivity index (χ2n) is 5.62. The Morgan fingerprint density at radius 1 is 0.913 bits per heavy atom. The molecule has 23 heavy (non-hydrogen) atoms. The van der Waals surface area contributed by atoms with Gasteiger partial charge in [-0.1, -0.05) is 24.3 Å². The zero-order valence-corrected chi connectivity index (χ0v) is 12.9. The fourth-order valence-electron chi connectivity index (χ4n) is 2.52. The molecule has 5 nitrogen and oxygen atoms in total. The lowest BCUT2D eigenvalue weighted by Gasteiger charge is -2.15. The number of imide groups is 1. The van der Waals surface area contributed by atoms with Crippen molar-refractivity contribution in [3.8, 4) is 0 Å². The number of carbonyl (C=O) groups is 3. The maximum Gasteiger partial charge on any atom is 0.266 e. The van der Waals surface area contributed by atoms with Gasteiger partial charge in [0.05, 0.1) is 23.2 Å². The summed E-state index contributed by atoms with van der Waals surface area (Å²) in [6.45, 7) is 0. The van der Waals surface area contributed by atoms with Crippen LogP contribution in [0.15, 0.2) is 48.5 Å². The number of fused-ring (bicyclic) bond motifs is 1. The van der Waals surface area contributed by atoms with E-state index in [0.717, 1.165) is 5.56 Å². The maximum atomic E-state index is 12.4. The van der Waals surface area contributed by atoms with Crippen LogP contribution in [0.5, 0.6) is 0 Å². The molecular formula is C18H16N2O3. The second kappa shape index (κ2) is 5.68. The standard InChI is InChI=1S/C18H16N2O3/c1-19(2)16(21)11-12-7-9-13(10-8-12)20-17(22)14-5-3-4-6-15(14)18(20)23/h3-10H,11H2,1-2H3. The highest BCUT2D eigenvalue weighted by molar-refractivity contribution is 6.34. The molecule has 1 aliphatic heterocycles. The molecule has 1 heterocycles. The lowest BCUT2D eigenvalue weighted by molar-refractivity contribution is -0.127. The van der Waals surface area contributed by atoms with Crippen LogP contribution in [0, 0.1) is 0 Å². The summed E-state index contributed by atoms with van der Waals surface area (Å²) in [6.07, 6.45) is 0.287. The van der Waals surface area contributed by atoms with Gasteiger partial charge in [-0.2, -0.15) is 0 Å². The average molecular weight is 308 g/mol. The van der Waals surface area contributed by atoms with Crippen LogP contribution in [0.25, 0.3) is 0 Å². The third kappa shape index (κ3) is 2.61. The van der Waals surface area contributed by atoms with E-state index >= 15 is 0 Å². The quantitative estimate of drug-likeness (QED) is 0.816. The summed E-state index contributed by atoms with van der Waals surface area (Å²) in [7, 11) is 3.41. The van der Waals surface area contributed by atoms with Crippen LogP contribution in [0.1, 0.15) is 26.3 Å². The molecular weight excluding hydrogens is 292 g/mol. The first-order chi connectivity index (χ1) is 11.0. The molecule has 116 valence electrons. The van der Waals surface area contributed by atoms with Crippen molar-refractivity contribution in [2.45, 2.75) is 6.42 Å². The molecule has 3 rings (SSSR count). The molecule has 1 aliphatic rings. The van der Waals surface area contributed by atoms with Crippen LogP contribution in [0.2, 0.25) is 0 Å². The molecule has 0 aliphatic carbocycles. The van der Waals surface area contributed by atoms with Gasteiger partial charge >= 0.3 is 0 Å². The van der Waals surface area contributed by atoms with Crippen LogP contribution >= 0.6 is 0 Å². The Morgan fingerprint density at radius 2 is 1.43 bits per heavy atom. The minimum Gasteiger partial charge on any atom is -0.349 e. The van der Waals surface area contributed by atoms with Gasteiger partial charge in [0.1, 0.15) is 0 Å². The molecule has 0 N–H and O–H groups in total. The molecule has 0 saturated heterocycles. The highest BCUT2D eigenvalue weighted by Gasteiger charge is 2.36. The van der Waals surface area contributed by atoms with Gasteiger partial charge in [-0.25, -0.2) is 4.90 Å². The highest BCUT2D eigenvalue weighted by atomic mass is 16.2. The SMILES string of the molecule is CN(C)C(=O)Cc1ccc(N2C(=O)c3ccccc3C2=O)cc1. The molecule has 0 unspecified atom stereocenters. The van der Waals surface area contributed by atoms with Crippen molar-refractivity contribution in [2.24, 2.45) is 0 Å². The number of nitrogens with zero attached hydrogens (tertiary/aromatic N) is 2. The van der Waals surface area contributed by atoms with E-state index in [1.54, 1.807) is 62.6 Å². The van der Waals surface area contributed by atoms with Crippen LogP contribution < -0.4 is 4.90 Å². The first kappa shape index (κ1) is 15.0. The largest absolute Gasteiger partial charge is 0.349 e. The van der Waals surface area contributed by atoms with Crippen LogP contribution in [0.3, 0.4) is 0 Å². The minimum atomic E-state index is -0.317. The highest BCUT2D eigenvalue weighted by Crippen LogP contribution is 2.28. The van der Waals surface area contributed by atoms with Gasteiger partial charge in [0, 0.05) is 14.1 Å². The van der Waals surface area contributed by atoms with Gasteiger partial charge in [-0.15, -0.1) is 0 Å². The van der Waals surface area contributed by atoms with Crippen LogP contribution in [-0.2, 0) is 11.2 Å². The summed E-state index contributed by atoms with van der Waals surface area (Å²) >= 11 is 0. The first-order valence-corrected chi connectivity index (χ1v) is 7.26. The molecule has 3 amide bonds. The van der Waals surface area contributed by atoms with Crippen molar-refractivity contribution in [1.82, 2.24) is 4.90 Å². The molecule has 2 aromatic carbocycles. The monoisotopic (exact) mass is 308 g/mol. The number of amides is 3. The molecule has 0 aromatic heterocycles. The summed E-state index contributed by atoms with van der Waals surface area (Å²) in [6, 6.07) is 13.7. The lowest BCUT2D eigenvalue weighted by Crippen LogP contribution is -2.29. The Labute approximate surface area is 134 Å². The number of hydrogen-bond acceptors (Lipinski definition) is 3. The molecule has 5 heteroatoms. The summed E-state index contributed by atoms with van der Waals surface area (Å²) in [4.78, 5) is 39.2. The van der Waals surface area contributed by atoms with E-state index in [0.29, 0.717) is 16.8 Å². The van der Waals surface area contributed by atoms with Crippen LogP contribution in [-0.4, -0.2) is 36.7 Å². The topological polar surface area (TPSA) is 57.7 Å². The molecule has 0 atom stereocenters. The van der Waals surface area contributed by atoms with E-state index < -0.39 is 0 Å². The van der Waals surface area contributed by atoms with Crippen LogP contribution in [0.4, 0.5) is 5.69 Å². The average Bonchev–Trinajstić information content (AvgIpc) is 2.80. The third-order valence-electron chi connectivity index (χ3n) is 3.84. The van der Waals surface area contributed by atoms with E-state index in [-0.39, 0.29) is 24.1 Å². The van der Waals surface area contributed by atoms with Gasteiger partial charge < -0.3 is 4.90 Å². The lowest BCUT2D eigenvalue weighted by atomic mass is 10.1. The van der Waals surface area contributed by atoms with Crippen molar-refractivity contribution < 1.29 is 14.4 Å². The Hall–Kier alpha value is -2.95. The first-order valence-electron chi connectivity index (χ1n) is 7.26. The van der Waals surface area contributed by atoms with E-state index in [4.69, 9.17) is 0 Å². The van der Waals surface area contributed by atoms with Gasteiger partial charge in [0.2, 0.25) is 5.91 Å². The number of likely N-dealkylation sites (N-methyl/N-ethyl adjacent to an activating group) is 1. The van der Waals surface area contributed by atoms with Gasteiger partial charge in [-0.05, 0) is 29.8 Å². The smallest absolute Gasteiger partial charge is 0.266 e. The maximum absolute atomic E-state index is 12.4. The van der Waals surface area contributed by atoms with E-state index in [2.05, 4.69) is 0 Å². The Balaban J connectivity index is 1.85. The van der Waals surface area contributed by atoms with Crippen molar-refractivity contribution >= 4 is 23.4 Å².